The van der Waals surface area contributed by atoms with Gasteiger partial charge in [-0.15, -0.1) is 0 Å². The predicted molar refractivity (Wildman–Crippen MR) is 474 cm³/mol. The molecule has 2 amide bonds. The molecule has 4 aromatic carbocycles. The van der Waals surface area contributed by atoms with Crippen molar-refractivity contribution in [3.05, 3.63) is 94.1 Å². The van der Waals surface area contributed by atoms with Gasteiger partial charge in [-0.3, -0.25) is 44.2 Å². The van der Waals surface area contributed by atoms with Crippen molar-refractivity contribution in [3.63, 3.8) is 0 Å². The van der Waals surface area contributed by atoms with Crippen LogP contribution in [0, 0.1) is 73.0 Å². The predicted octanol–water partition coefficient (Wildman–Crippen LogP) is -1.49. The first kappa shape index (κ1) is 118. The molecule has 8 aromatic rings. The van der Waals surface area contributed by atoms with Gasteiger partial charge in [0.05, 0.1) is 159 Å². The zero-order chi connectivity index (χ0) is 88.2. The number of nitrogens with two attached hydrogens (primary N) is 1. The second-order valence-corrected chi connectivity index (χ2v) is 25.1. The number of carbonyl (C=O) groups excluding carboxylic acids is 4. The Morgan fingerprint density at radius 1 is 0.598 bits per heavy atom. The average Bonchev–Trinajstić information content (AvgIpc) is 1.71. The molecule has 122 heavy (non-hydrogen) atoms. The van der Waals surface area contributed by atoms with Crippen LogP contribution in [0.2, 0.25) is 0 Å². The van der Waals surface area contributed by atoms with E-state index < -0.39 is 23.5 Å². The molecule has 1 fully saturated rings. The van der Waals surface area contributed by atoms with Crippen LogP contribution < -0.4 is 180 Å². The number of rotatable bonds is 5. The molecule has 42 nitrogen and oxygen atoms in total. The minimum atomic E-state index is -0.833. The monoisotopic (exact) mass is 2040 g/mol. The number of guanidine groups is 3. The number of aryl methyl sites for hydroxylation is 4. The number of aliphatic hydroxyl groups is 1. The first-order valence-electron chi connectivity index (χ1n) is 34.8. The van der Waals surface area contributed by atoms with Crippen molar-refractivity contribution < 1.29 is 197 Å². The Bertz CT molecular complexity index is 4870. The summed E-state index contributed by atoms with van der Waals surface area (Å²) in [5.74, 6) is 0.238. The summed E-state index contributed by atoms with van der Waals surface area (Å²) in [6.45, 7) is 21.4. The van der Waals surface area contributed by atoms with E-state index in [0.717, 1.165) is 167 Å². The molecule has 50 heteroatoms. The van der Waals surface area contributed by atoms with Gasteiger partial charge in [0.2, 0.25) is 5.96 Å². The zero-order valence-electron chi connectivity index (χ0n) is 70.1. The van der Waals surface area contributed by atoms with Gasteiger partial charge in [0.1, 0.15) is 24.3 Å². The number of halogens is 3. The number of methoxy groups -OCH3 is 3. The fourth-order valence-corrected chi connectivity index (χ4v) is 11.0. The number of ether oxygens (including phenoxy) is 3. The van der Waals surface area contributed by atoms with Crippen LogP contribution in [0.25, 0.3) is 44.1 Å². The Labute approximate surface area is 841 Å². The number of carbonyl (C=O) groups is 6. The number of anilines is 4. The van der Waals surface area contributed by atoms with Crippen molar-refractivity contribution in [3.8, 4) is 24.3 Å². The van der Waals surface area contributed by atoms with Gasteiger partial charge in [-0.2, -0.15) is 21.0 Å². The summed E-state index contributed by atoms with van der Waals surface area (Å²) in [5.41, 5.74) is 20.0. The number of aliphatic carboxylic acids is 2. The van der Waals surface area contributed by atoms with Gasteiger partial charge in [0.15, 0.2) is 27.4 Å². The molecule has 0 saturated carbocycles. The van der Waals surface area contributed by atoms with E-state index in [9.17, 15) is 19.6 Å². The number of aliphatic hydroxyl groups excluding tert-OH is 1. The van der Waals surface area contributed by atoms with E-state index in [0.29, 0.717) is 83.4 Å². The molecule has 0 aliphatic carbocycles. The number of nitriles is 4. The SMILES string of the molecule is C.CC(=O)O.CC(=O)O.CCCO.CI.COC(=O)Cl.COC(=O)N1CCN=C1Nc1cc(C#N)c2[nH]cnc2c1C.COC(=O)N1CCN=C1SC.CSC1=NCCN1.Cc1c(N)cc(C#N)c2[nH]cnc12.Cc1c(NC2=NCCN2)cc(C#N)c2[nH]cnc12.Cc1c(NC2=NCCN2)cc(C#N)c2[nH]cnc12.O=CO[O-].S=C1NCCN1.[H-].[I-].[K+].[K+]. The number of amides is 2. The number of carboxylic acid groups (broad SMARTS) is 2. The minimum Gasteiger partial charge on any atom is -1.00 e. The number of benzene rings is 4. The molecule has 0 radical (unpaired) electrons. The van der Waals surface area contributed by atoms with Crippen molar-refractivity contribution in [2.75, 3.05) is 146 Å². The number of hydrogen-bond donors (Lipinski definition) is 16. The van der Waals surface area contributed by atoms with Crippen molar-refractivity contribution >= 4 is 206 Å². The van der Waals surface area contributed by atoms with Crippen LogP contribution in [-0.2, 0) is 33.5 Å². The van der Waals surface area contributed by atoms with E-state index >= 15 is 0 Å². The van der Waals surface area contributed by atoms with E-state index in [1.165, 1.54) is 42.9 Å². The van der Waals surface area contributed by atoms with Crippen molar-refractivity contribution in [2.24, 2.45) is 25.0 Å². The Morgan fingerprint density at radius 2 is 0.934 bits per heavy atom. The van der Waals surface area contributed by atoms with Gasteiger partial charge in [-0.25, -0.2) is 39.2 Å². The van der Waals surface area contributed by atoms with Gasteiger partial charge in [-0.05, 0) is 93.6 Å². The molecule has 0 atom stereocenters. The van der Waals surface area contributed by atoms with Crippen molar-refractivity contribution in [1.82, 2.24) is 76.3 Å². The summed E-state index contributed by atoms with van der Waals surface area (Å²) in [5, 5.41) is 94.9. The Morgan fingerprint density at radius 3 is 1.22 bits per heavy atom. The van der Waals surface area contributed by atoms with Gasteiger partial charge < -0.3 is 133 Å². The van der Waals surface area contributed by atoms with Crippen LogP contribution in [0.4, 0.5) is 37.1 Å². The quantitative estimate of drug-likeness (QED) is 0.00892. The number of aromatic amines is 4. The van der Waals surface area contributed by atoms with Gasteiger partial charge in [0, 0.05) is 104 Å². The molecule has 1 saturated heterocycles. The standard InChI is InChI=1S/C14H14N6O2.2C12H12N6.C9H8N4.C6H10N2O2S.C4H8N2S.C3H6N2S.C3H8O.C2H3ClO2.2C2H4O2.CH3I.CH2O3.CH4.HI.2K.H/c1-8-10(5-9(6-15)12-11(8)17-7-18-12)19-13-16-3-4-20(13)14(21)22-2;2*1-7-9(18-12-14-2-3-15-12)4-8(5-13)11-10(7)16-6-17-11;1-5-7(11)2-6(3-10)9-8(5)12-4-13-9;1-10-6(9)8-4-3-7-5(8)11-2;1-7-4-5-2-3-6-4;6-3-4-1-2-5-3;1-2-3-4;1-5-2(3)4;2*1-2(3)4;1-2;2-1-4-3;;;;;/h5,7H,3-4H2,1-2H3,(H,16,19)(H,17,18);2*4,6H,2-3H2,1H3,(H,16,17)(H2,14,15,18);2,4H,11H2,1H3,(H,12,13);3-4H2,1-2H3;2-3H2,1H3,(H,5,6);1-2H2,(H2,4,5,6);4H,2-3H2,1H3;1H3;2*1H3,(H,3,4);1H3;1,3H;1H4;1H;;;/q;;;;;;;;;;;;;;;2*+1;-1/p-2. The summed E-state index contributed by atoms with van der Waals surface area (Å²) < 4.78 is 13.2. The number of fused-ring (bicyclic) bond motifs is 4. The second kappa shape index (κ2) is 66.9. The molecular weight excluding hydrogens is 1940 g/mol. The minimum absolute atomic E-state index is 0. The maximum atomic E-state index is 11.7. The molecule has 0 spiro atoms. The van der Waals surface area contributed by atoms with E-state index in [1.807, 2.05) is 64.2 Å². The number of nitrogens with one attached hydrogen (secondary N) is 12. The van der Waals surface area contributed by atoms with E-state index in [-0.39, 0.29) is 148 Å². The normalized spacial score (nSPS) is 12.4. The third-order valence-corrected chi connectivity index (χ3v) is 16.8. The Kier molecular flexibility index (Phi) is 64.5. The summed E-state index contributed by atoms with van der Waals surface area (Å²) in [6, 6.07) is 15.6. The van der Waals surface area contributed by atoms with Gasteiger partial charge in [0.25, 0.3) is 18.4 Å². The molecule has 0 bridgehead atoms. The van der Waals surface area contributed by atoms with Crippen LogP contribution in [-0.4, -0.2) is 258 Å². The number of thioether (sulfide) groups is 2. The Hall–Kier alpha value is -8.58. The second-order valence-electron chi connectivity index (χ2n) is 22.8. The number of hydrogen-bond acceptors (Lipinski definition) is 35. The van der Waals surface area contributed by atoms with Crippen LogP contribution in [0.15, 0.2) is 74.5 Å². The van der Waals surface area contributed by atoms with Crippen LogP contribution in [0.3, 0.4) is 0 Å². The maximum Gasteiger partial charge on any atom is 1.00 e. The molecule has 6 aliphatic rings. The largest absolute Gasteiger partial charge is 1.00 e. The summed E-state index contributed by atoms with van der Waals surface area (Å²) in [7, 11) is 3.92. The van der Waals surface area contributed by atoms with E-state index in [2.05, 4.69) is 180 Å². The molecule has 6 aliphatic heterocycles. The molecule has 10 heterocycles. The number of thiocarbonyl (C=S) groups is 1. The molecule has 4 aromatic heterocycles. The third kappa shape index (κ3) is 40.4. The molecule has 14 rings (SSSR count). The summed E-state index contributed by atoms with van der Waals surface area (Å²) in [6.07, 6.45) is 10.3. The fourth-order valence-electron chi connectivity index (χ4n) is 9.70. The molecule has 652 valence electrons. The van der Waals surface area contributed by atoms with Crippen molar-refractivity contribution in [2.45, 2.75) is 62.3 Å². The number of alkyl halides is 1. The first-order chi connectivity index (χ1) is 56.7. The molecule has 0 unspecified atom stereocenters. The van der Waals surface area contributed by atoms with E-state index in [1.54, 1.807) is 49.2 Å². The average molecular weight is 2040 g/mol. The number of amidine groups is 2. The third-order valence-electron chi connectivity index (χ3n) is 15.0. The summed E-state index contributed by atoms with van der Waals surface area (Å²) in [4.78, 5) is 116. The van der Waals surface area contributed by atoms with Crippen molar-refractivity contribution in [1.29, 1.82) is 21.0 Å². The topological polar surface area (TPSA) is 624 Å². The number of imidazole rings is 4. The zero-order valence-corrected chi connectivity index (χ0v) is 82.8. The Balaban J connectivity index is -0.000000654. The van der Waals surface area contributed by atoms with Gasteiger partial charge in [-0.1, -0.05) is 60.5 Å². The molecular formula is C72H98ClI2K2N28O14S3-. The number of aromatic nitrogens is 8. The van der Waals surface area contributed by atoms with Gasteiger partial charge >= 0.3 is 120 Å². The van der Waals surface area contributed by atoms with Crippen LogP contribution >= 0.6 is 69.9 Å². The number of H-pyrrole nitrogens is 4. The smallest absolute Gasteiger partial charge is 1.00 e. The summed E-state index contributed by atoms with van der Waals surface area (Å²) >= 11 is 14.6. The number of nitrogen functional groups attached to an aromatic ring is 1. The maximum absolute atomic E-state index is 11.7. The number of carboxylic acids is 2. The number of aliphatic imine (C=N–C) groups is 5. The molecule has 17 N–H and O–H groups in total. The number of nitrogens with zero attached hydrogens (tertiary/aromatic N) is 15. The van der Waals surface area contributed by atoms with Crippen LogP contribution in [0.1, 0.15) is 80.6 Å². The van der Waals surface area contributed by atoms with Crippen LogP contribution in [0.5, 0.6) is 0 Å². The fraction of sp³-hybridized carbons (Fsp3) is 0.389. The van der Waals surface area contributed by atoms with E-state index in [4.69, 9.17) is 73.4 Å². The first-order valence-corrected chi connectivity index (χ1v) is 40.2.